The van der Waals surface area contributed by atoms with Crippen LogP contribution in [0, 0.1) is 0 Å². The zero-order chi connectivity index (χ0) is 14.4. The maximum absolute atomic E-state index is 12.8. The summed E-state index contributed by atoms with van der Waals surface area (Å²) in [4.78, 5) is 14.8. The number of hydrogen-bond acceptors (Lipinski definition) is 2. The Morgan fingerprint density at radius 2 is 2.00 bits per heavy atom. The van der Waals surface area contributed by atoms with Gasteiger partial charge in [0.25, 0.3) is 5.91 Å². The van der Waals surface area contributed by atoms with Crippen LogP contribution < -0.4 is 4.74 Å². The van der Waals surface area contributed by atoms with Gasteiger partial charge in [-0.2, -0.15) is 0 Å². The van der Waals surface area contributed by atoms with Crippen molar-refractivity contribution in [1.29, 1.82) is 0 Å². The number of nitrogens with zero attached hydrogens (tertiary/aromatic N) is 1. The minimum Gasteiger partial charge on any atom is -0.497 e. The fourth-order valence-corrected chi connectivity index (χ4v) is 3.54. The Morgan fingerprint density at radius 3 is 2.86 bits per heavy atom. The zero-order valence-corrected chi connectivity index (χ0v) is 12.0. The molecular weight excluding hydrogens is 262 g/mol. The Kier molecular flexibility index (Phi) is 2.74. The summed E-state index contributed by atoms with van der Waals surface area (Å²) >= 11 is 0. The summed E-state index contributed by atoms with van der Waals surface area (Å²) in [7, 11) is 1.63. The molecule has 2 aromatic rings. The Labute approximate surface area is 124 Å². The number of carbonyl (C=O) groups is 1. The van der Waals surface area contributed by atoms with Crippen LogP contribution in [0.2, 0.25) is 0 Å². The molecule has 0 saturated carbocycles. The minimum atomic E-state index is 0.134. The number of ether oxygens (including phenoxy) is 1. The van der Waals surface area contributed by atoms with Crippen molar-refractivity contribution < 1.29 is 9.53 Å². The topological polar surface area (TPSA) is 29.5 Å². The summed E-state index contributed by atoms with van der Waals surface area (Å²) in [6.07, 6.45) is 1.83. The number of hydrogen-bond donors (Lipinski definition) is 0. The van der Waals surface area contributed by atoms with Gasteiger partial charge in [-0.3, -0.25) is 4.79 Å². The van der Waals surface area contributed by atoms with Crippen molar-refractivity contribution in [2.75, 3.05) is 13.7 Å². The van der Waals surface area contributed by atoms with E-state index >= 15 is 0 Å². The third-order valence-corrected chi connectivity index (χ3v) is 4.63. The molecule has 2 aromatic carbocycles. The molecular formula is C18H17NO2. The van der Waals surface area contributed by atoms with Crippen molar-refractivity contribution in [3.05, 3.63) is 64.7 Å². The molecule has 0 radical (unpaired) electrons. The van der Waals surface area contributed by atoms with Gasteiger partial charge in [-0.15, -0.1) is 0 Å². The quantitative estimate of drug-likeness (QED) is 0.803. The number of fused-ring (bicyclic) bond motifs is 4. The summed E-state index contributed by atoms with van der Waals surface area (Å²) in [5.41, 5.74) is 4.60. The van der Waals surface area contributed by atoms with E-state index in [1.54, 1.807) is 7.11 Å². The predicted octanol–water partition coefficient (Wildman–Crippen LogP) is 2.99. The molecule has 106 valence electrons. The second-order valence-corrected chi connectivity index (χ2v) is 5.69. The average molecular weight is 279 g/mol. The van der Waals surface area contributed by atoms with Crippen molar-refractivity contribution in [3.63, 3.8) is 0 Å². The summed E-state index contributed by atoms with van der Waals surface area (Å²) in [5.74, 6) is 0.882. The molecule has 2 aliphatic rings. The van der Waals surface area contributed by atoms with Crippen LogP contribution in [0.25, 0.3) is 0 Å². The molecule has 1 unspecified atom stereocenters. The number of methoxy groups -OCH3 is 1. The fraction of sp³-hybridized carbons (Fsp3) is 0.278. The van der Waals surface area contributed by atoms with Crippen LogP contribution in [0.1, 0.15) is 33.1 Å². The summed E-state index contributed by atoms with van der Waals surface area (Å²) in [6, 6.07) is 14.5. The average Bonchev–Trinajstić information content (AvgIpc) is 2.54. The first-order chi connectivity index (χ1) is 10.3. The van der Waals surface area contributed by atoms with Crippen LogP contribution in [0.5, 0.6) is 5.75 Å². The molecule has 21 heavy (non-hydrogen) atoms. The highest BCUT2D eigenvalue weighted by molar-refractivity contribution is 5.97. The van der Waals surface area contributed by atoms with Crippen LogP contribution >= 0.6 is 0 Å². The van der Waals surface area contributed by atoms with Gasteiger partial charge in [0, 0.05) is 12.1 Å². The second-order valence-electron chi connectivity index (χ2n) is 5.69. The van der Waals surface area contributed by atoms with Crippen molar-refractivity contribution in [2.45, 2.75) is 18.9 Å². The van der Waals surface area contributed by atoms with Gasteiger partial charge in [0.05, 0.1) is 13.2 Å². The Morgan fingerprint density at radius 1 is 1.14 bits per heavy atom. The van der Waals surface area contributed by atoms with Crippen LogP contribution in [-0.4, -0.2) is 24.5 Å². The van der Waals surface area contributed by atoms with Crippen molar-refractivity contribution in [1.82, 2.24) is 4.90 Å². The van der Waals surface area contributed by atoms with Crippen LogP contribution in [0.15, 0.2) is 42.5 Å². The van der Waals surface area contributed by atoms with E-state index < -0.39 is 0 Å². The molecule has 3 nitrogen and oxygen atoms in total. The van der Waals surface area contributed by atoms with E-state index in [0.29, 0.717) is 0 Å². The Balaban J connectivity index is 1.81. The van der Waals surface area contributed by atoms with E-state index in [2.05, 4.69) is 24.3 Å². The molecule has 0 bridgehead atoms. The van der Waals surface area contributed by atoms with E-state index in [1.807, 2.05) is 23.1 Å². The Hall–Kier alpha value is -2.29. The molecule has 2 aliphatic heterocycles. The smallest absolute Gasteiger partial charge is 0.254 e. The van der Waals surface area contributed by atoms with Crippen LogP contribution in [-0.2, 0) is 12.8 Å². The molecule has 0 aliphatic carbocycles. The van der Waals surface area contributed by atoms with Gasteiger partial charge in [-0.1, -0.05) is 30.3 Å². The van der Waals surface area contributed by atoms with E-state index in [4.69, 9.17) is 4.74 Å². The van der Waals surface area contributed by atoms with Crippen molar-refractivity contribution >= 4 is 5.91 Å². The van der Waals surface area contributed by atoms with Gasteiger partial charge in [0.2, 0.25) is 0 Å². The molecule has 0 spiro atoms. The number of amides is 1. The SMILES string of the molecule is COc1ccc2c(c1)C(=O)N1CCc3ccccc3C1C2. The lowest BCUT2D eigenvalue weighted by atomic mass is 9.84. The van der Waals surface area contributed by atoms with Gasteiger partial charge in [0.15, 0.2) is 0 Å². The summed E-state index contributed by atoms with van der Waals surface area (Å²) in [6.45, 7) is 0.803. The highest BCUT2D eigenvalue weighted by Crippen LogP contribution is 2.38. The van der Waals surface area contributed by atoms with E-state index in [9.17, 15) is 4.79 Å². The molecule has 2 heterocycles. The normalized spacial score (nSPS) is 19.6. The molecule has 0 aromatic heterocycles. The number of benzene rings is 2. The van der Waals surface area contributed by atoms with Gasteiger partial charge < -0.3 is 9.64 Å². The van der Waals surface area contributed by atoms with E-state index in [1.165, 1.54) is 11.1 Å². The lowest BCUT2D eigenvalue weighted by Gasteiger charge is -2.41. The van der Waals surface area contributed by atoms with Crippen molar-refractivity contribution in [3.8, 4) is 5.75 Å². The molecule has 3 heteroatoms. The largest absolute Gasteiger partial charge is 0.497 e. The van der Waals surface area contributed by atoms with Crippen molar-refractivity contribution in [2.24, 2.45) is 0 Å². The van der Waals surface area contributed by atoms with Gasteiger partial charge >= 0.3 is 0 Å². The molecule has 0 saturated heterocycles. The highest BCUT2D eigenvalue weighted by atomic mass is 16.5. The van der Waals surface area contributed by atoms with Gasteiger partial charge in [-0.05, 0) is 41.7 Å². The Bertz CT molecular complexity index is 723. The number of rotatable bonds is 1. The first-order valence-electron chi connectivity index (χ1n) is 7.33. The van der Waals surface area contributed by atoms with Gasteiger partial charge in [-0.25, -0.2) is 0 Å². The summed E-state index contributed by atoms with van der Waals surface area (Å²) in [5, 5.41) is 0. The lowest BCUT2D eigenvalue weighted by Crippen LogP contribution is -2.44. The monoisotopic (exact) mass is 279 g/mol. The minimum absolute atomic E-state index is 0.134. The zero-order valence-electron chi connectivity index (χ0n) is 12.0. The molecule has 0 N–H and O–H groups in total. The van der Waals surface area contributed by atoms with Crippen LogP contribution in [0.4, 0.5) is 0 Å². The molecule has 4 rings (SSSR count). The van der Waals surface area contributed by atoms with E-state index in [0.717, 1.165) is 36.3 Å². The van der Waals surface area contributed by atoms with Crippen LogP contribution in [0.3, 0.4) is 0 Å². The fourth-order valence-electron chi connectivity index (χ4n) is 3.54. The third-order valence-electron chi connectivity index (χ3n) is 4.63. The maximum atomic E-state index is 12.8. The first-order valence-corrected chi connectivity index (χ1v) is 7.33. The molecule has 1 amide bonds. The maximum Gasteiger partial charge on any atom is 0.254 e. The van der Waals surface area contributed by atoms with Gasteiger partial charge in [0.1, 0.15) is 5.75 Å². The number of carbonyl (C=O) groups excluding carboxylic acids is 1. The standard InChI is InChI=1S/C18H17NO2/c1-21-14-7-6-13-10-17-15-5-3-2-4-12(15)8-9-19(17)18(20)16(13)11-14/h2-7,11,17H,8-10H2,1H3. The predicted molar refractivity (Wildman–Crippen MR) is 80.6 cm³/mol. The molecule has 1 atom stereocenters. The first kappa shape index (κ1) is 12.5. The second kappa shape index (κ2) is 4.62. The van der Waals surface area contributed by atoms with E-state index in [-0.39, 0.29) is 11.9 Å². The summed E-state index contributed by atoms with van der Waals surface area (Å²) < 4.78 is 5.25. The highest BCUT2D eigenvalue weighted by Gasteiger charge is 2.36. The third kappa shape index (κ3) is 1.84. The lowest BCUT2D eigenvalue weighted by molar-refractivity contribution is 0.0631. The molecule has 0 fully saturated rings.